The van der Waals surface area contributed by atoms with E-state index in [4.69, 9.17) is 0 Å². The van der Waals surface area contributed by atoms with Crippen LogP contribution in [0, 0.1) is 0 Å². The minimum Gasteiger partial charge on any atom is -0.435 e. The van der Waals surface area contributed by atoms with Crippen molar-refractivity contribution in [2.45, 2.75) is 32.7 Å². The first-order valence-corrected chi connectivity index (χ1v) is 6.93. The zero-order valence-electron chi connectivity index (χ0n) is 12.5. The Morgan fingerprint density at radius 2 is 2.00 bits per heavy atom. The van der Waals surface area contributed by atoms with Gasteiger partial charge in [0.25, 0.3) is 0 Å². The second-order valence-corrected chi connectivity index (χ2v) is 4.51. The minimum atomic E-state index is -4.24. The highest BCUT2D eigenvalue weighted by Gasteiger charge is 2.26. The van der Waals surface area contributed by atoms with Gasteiger partial charge in [-0.1, -0.05) is 12.1 Å². The fourth-order valence-corrected chi connectivity index (χ4v) is 1.65. The van der Waals surface area contributed by atoms with Crippen LogP contribution in [0.25, 0.3) is 0 Å². The van der Waals surface area contributed by atoms with Crippen molar-refractivity contribution in [1.82, 2.24) is 10.6 Å². The normalized spacial score (nSPS) is 12.4. The Morgan fingerprint density at radius 1 is 1.26 bits per heavy atom. The second-order valence-electron chi connectivity index (χ2n) is 4.51. The van der Waals surface area contributed by atoms with Gasteiger partial charge < -0.3 is 15.4 Å². The van der Waals surface area contributed by atoms with Gasteiger partial charge in [0.05, 0.1) is 13.0 Å². The van der Waals surface area contributed by atoms with Crippen LogP contribution in [0.2, 0.25) is 0 Å². The fraction of sp³-hybridized carbons (Fsp3) is 0.500. The van der Waals surface area contributed by atoms with Gasteiger partial charge in [-0.05, 0) is 24.6 Å². The number of alkyl halides is 5. The van der Waals surface area contributed by atoms with Gasteiger partial charge in [-0.3, -0.25) is 0 Å². The van der Waals surface area contributed by atoms with Gasteiger partial charge in [-0.2, -0.15) is 22.0 Å². The Labute approximate surface area is 130 Å². The highest BCUT2D eigenvalue weighted by atomic mass is 19.4. The predicted octanol–water partition coefficient (Wildman–Crippen LogP) is 3.30. The Hall–Kier alpha value is -2.06. The monoisotopic (exact) mass is 339 g/mol. The number of benzene rings is 1. The standard InChI is InChI=1S/C14H18F5N3O/c1-2-20-13(21-7-6-14(17,18)19)22-9-10-4-3-5-11(8-10)23-12(15)16/h3-5,8,12H,2,6-7,9H2,1H3,(H2,20,21,22). The molecule has 0 aliphatic heterocycles. The molecule has 23 heavy (non-hydrogen) atoms. The molecule has 0 radical (unpaired) electrons. The lowest BCUT2D eigenvalue weighted by molar-refractivity contribution is -0.132. The number of ether oxygens (including phenoxy) is 1. The molecule has 0 amide bonds. The van der Waals surface area contributed by atoms with Gasteiger partial charge in [0, 0.05) is 13.1 Å². The molecule has 0 unspecified atom stereocenters. The van der Waals surface area contributed by atoms with E-state index in [0.717, 1.165) is 0 Å². The van der Waals surface area contributed by atoms with Crippen LogP contribution in [0.4, 0.5) is 22.0 Å². The first kappa shape index (κ1) is 19.0. The van der Waals surface area contributed by atoms with Crippen molar-refractivity contribution in [3.63, 3.8) is 0 Å². The van der Waals surface area contributed by atoms with Crippen LogP contribution < -0.4 is 15.4 Å². The van der Waals surface area contributed by atoms with Crippen molar-refractivity contribution < 1.29 is 26.7 Å². The number of hydrogen-bond donors (Lipinski definition) is 2. The van der Waals surface area contributed by atoms with Gasteiger partial charge in [-0.15, -0.1) is 0 Å². The summed E-state index contributed by atoms with van der Waals surface area (Å²) < 4.78 is 64.9. The van der Waals surface area contributed by atoms with Gasteiger partial charge in [-0.25, -0.2) is 4.99 Å². The molecule has 4 nitrogen and oxygen atoms in total. The molecule has 1 aromatic carbocycles. The Kier molecular flexibility index (Phi) is 7.56. The number of hydrogen-bond acceptors (Lipinski definition) is 2. The van der Waals surface area contributed by atoms with Gasteiger partial charge in [0.2, 0.25) is 0 Å². The summed E-state index contributed by atoms with van der Waals surface area (Å²) in [6.45, 7) is -0.856. The van der Waals surface area contributed by atoms with Crippen LogP contribution in [-0.2, 0) is 6.54 Å². The zero-order valence-corrected chi connectivity index (χ0v) is 12.5. The number of guanidine groups is 1. The number of halogens is 5. The maximum atomic E-state index is 12.1. The van der Waals surface area contributed by atoms with Gasteiger partial charge in [0.15, 0.2) is 5.96 Å². The average Bonchev–Trinajstić information content (AvgIpc) is 2.43. The summed E-state index contributed by atoms with van der Waals surface area (Å²) >= 11 is 0. The van der Waals surface area contributed by atoms with Crippen LogP contribution in [0.3, 0.4) is 0 Å². The Morgan fingerprint density at radius 3 is 2.61 bits per heavy atom. The molecule has 9 heteroatoms. The lowest BCUT2D eigenvalue weighted by atomic mass is 10.2. The van der Waals surface area contributed by atoms with Gasteiger partial charge in [0.1, 0.15) is 5.75 Å². The molecule has 0 fully saturated rings. The van der Waals surface area contributed by atoms with Crippen molar-refractivity contribution >= 4 is 5.96 Å². The molecule has 0 atom stereocenters. The maximum Gasteiger partial charge on any atom is 0.390 e. The van der Waals surface area contributed by atoms with E-state index in [-0.39, 0.29) is 24.8 Å². The van der Waals surface area contributed by atoms with E-state index in [1.54, 1.807) is 13.0 Å². The second kappa shape index (κ2) is 9.16. The number of nitrogens with zero attached hydrogens (tertiary/aromatic N) is 1. The smallest absolute Gasteiger partial charge is 0.390 e. The Balaban J connectivity index is 2.62. The summed E-state index contributed by atoms with van der Waals surface area (Å²) in [6, 6.07) is 5.97. The summed E-state index contributed by atoms with van der Waals surface area (Å²) in [5, 5.41) is 5.37. The highest BCUT2D eigenvalue weighted by Crippen LogP contribution is 2.18. The van der Waals surface area contributed by atoms with E-state index >= 15 is 0 Å². The topological polar surface area (TPSA) is 45.7 Å². The van der Waals surface area contributed by atoms with E-state index in [2.05, 4.69) is 20.4 Å². The van der Waals surface area contributed by atoms with Crippen molar-refractivity contribution in [3.05, 3.63) is 29.8 Å². The molecule has 0 bridgehead atoms. The molecular weight excluding hydrogens is 321 g/mol. The van der Waals surface area contributed by atoms with Crippen molar-refractivity contribution in [2.24, 2.45) is 4.99 Å². The zero-order chi connectivity index (χ0) is 17.3. The first-order valence-electron chi connectivity index (χ1n) is 6.93. The molecule has 0 saturated heterocycles. The number of rotatable bonds is 7. The van der Waals surface area contributed by atoms with Crippen LogP contribution in [0.15, 0.2) is 29.3 Å². The summed E-state index contributed by atoms with van der Waals surface area (Å²) in [5.41, 5.74) is 0.594. The van der Waals surface area contributed by atoms with Crippen LogP contribution in [-0.4, -0.2) is 31.8 Å². The molecule has 1 rings (SSSR count). The quantitative estimate of drug-likeness (QED) is 0.455. The van der Waals surface area contributed by atoms with Crippen molar-refractivity contribution in [3.8, 4) is 5.75 Å². The first-order chi connectivity index (χ1) is 10.8. The van der Waals surface area contributed by atoms with Crippen LogP contribution in [0.1, 0.15) is 18.9 Å². The SMILES string of the molecule is CCNC(=NCc1cccc(OC(F)F)c1)NCCC(F)(F)F. The third-order valence-electron chi connectivity index (χ3n) is 2.59. The lowest BCUT2D eigenvalue weighted by Gasteiger charge is -2.12. The summed E-state index contributed by atoms with van der Waals surface area (Å²) in [7, 11) is 0. The van der Waals surface area contributed by atoms with Gasteiger partial charge >= 0.3 is 12.8 Å². The lowest BCUT2D eigenvalue weighted by Crippen LogP contribution is -2.38. The molecule has 1 aromatic rings. The van der Waals surface area contributed by atoms with Crippen LogP contribution in [0.5, 0.6) is 5.75 Å². The number of aliphatic imine (C=N–C) groups is 1. The maximum absolute atomic E-state index is 12.1. The Bertz CT molecular complexity index is 505. The molecule has 0 heterocycles. The van der Waals surface area contributed by atoms with Crippen molar-refractivity contribution in [1.29, 1.82) is 0 Å². The third-order valence-corrected chi connectivity index (χ3v) is 2.59. The van der Waals surface area contributed by atoms with E-state index in [1.807, 2.05) is 0 Å². The average molecular weight is 339 g/mol. The summed E-state index contributed by atoms with van der Waals surface area (Å²) in [6.07, 6.45) is -5.22. The van der Waals surface area contributed by atoms with E-state index in [0.29, 0.717) is 12.1 Å². The summed E-state index contributed by atoms with van der Waals surface area (Å²) in [4.78, 5) is 4.11. The van der Waals surface area contributed by atoms with Crippen molar-refractivity contribution in [2.75, 3.05) is 13.1 Å². The minimum absolute atomic E-state index is 0.00253. The molecule has 0 aromatic heterocycles. The molecule has 2 N–H and O–H groups in total. The molecular formula is C14H18F5N3O. The third kappa shape index (κ3) is 8.84. The van der Waals surface area contributed by atoms with E-state index < -0.39 is 19.2 Å². The van der Waals surface area contributed by atoms with Crippen LogP contribution >= 0.6 is 0 Å². The largest absolute Gasteiger partial charge is 0.435 e. The molecule has 0 aliphatic carbocycles. The highest BCUT2D eigenvalue weighted by molar-refractivity contribution is 5.79. The number of nitrogens with one attached hydrogen (secondary N) is 2. The molecule has 0 spiro atoms. The predicted molar refractivity (Wildman–Crippen MR) is 76.6 cm³/mol. The fourth-order valence-electron chi connectivity index (χ4n) is 1.65. The molecule has 0 saturated carbocycles. The van der Waals surface area contributed by atoms with E-state index in [9.17, 15) is 22.0 Å². The molecule has 130 valence electrons. The van der Waals surface area contributed by atoms with E-state index in [1.165, 1.54) is 18.2 Å². The molecule has 0 aliphatic rings. The summed E-state index contributed by atoms with van der Waals surface area (Å²) in [5.74, 6) is 0.222.